The third-order valence-electron chi connectivity index (χ3n) is 4.56. The maximum Gasteiger partial charge on any atom is 0.267 e. The number of methoxy groups -OCH3 is 2. The minimum absolute atomic E-state index is 0.203. The summed E-state index contributed by atoms with van der Waals surface area (Å²) in [4.78, 5) is 18.8. The minimum Gasteiger partial charge on any atom is -0.497 e. The second-order valence-electron chi connectivity index (χ2n) is 6.33. The predicted molar refractivity (Wildman–Crippen MR) is 116 cm³/mol. The summed E-state index contributed by atoms with van der Waals surface area (Å²) in [7, 11) is 3.18. The van der Waals surface area contributed by atoms with Gasteiger partial charge in [0.25, 0.3) is 5.91 Å². The molecular formula is C21H18ClN3O3S. The molecule has 0 spiro atoms. The van der Waals surface area contributed by atoms with E-state index in [0.29, 0.717) is 21.3 Å². The lowest BCUT2D eigenvalue weighted by atomic mass is 10.2. The van der Waals surface area contributed by atoms with Crippen molar-refractivity contribution in [2.24, 2.45) is 0 Å². The lowest BCUT2D eigenvalue weighted by Gasteiger charge is -2.07. The van der Waals surface area contributed by atoms with Crippen molar-refractivity contribution in [3.05, 3.63) is 64.3 Å². The molecular weight excluding hydrogens is 410 g/mol. The van der Waals surface area contributed by atoms with Crippen LogP contribution in [0.15, 0.2) is 48.7 Å². The highest BCUT2D eigenvalue weighted by Gasteiger charge is 2.18. The van der Waals surface area contributed by atoms with Crippen molar-refractivity contribution in [2.75, 3.05) is 19.5 Å². The third kappa shape index (κ3) is 3.66. The van der Waals surface area contributed by atoms with Crippen LogP contribution in [0.2, 0.25) is 5.02 Å². The fraction of sp³-hybridized carbons (Fsp3) is 0.143. The Balaban J connectivity index is 1.59. The highest BCUT2D eigenvalue weighted by Crippen LogP contribution is 2.30. The summed E-state index contributed by atoms with van der Waals surface area (Å²) in [5.41, 5.74) is 3.26. The molecule has 2 aromatic carbocycles. The van der Waals surface area contributed by atoms with Crippen molar-refractivity contribution in [3.63, 3.8) is 0 Å². The number of carbonyl (C=O) groups excluding carboxylic acids is 1. The molecule has 29 heavy (non-hydrogen) atoms. The Morgan fingerprint density at radius 3 is 2.52 bits per heavy atom. The number of hydrogen-bond donors (Lipinski definition) is 1. The molecule has 0 saturated carbocycles. The summed E-state index contributed by atoms with van der Waals surface area (Å²) in [6.45, 7) is 1.90. The molecule has 0 fully saturated rings. The maximum atomic E-state index is 12.8. The predicted octanol–water partition coefficient (Wildman–Crippen LogP) is 5.29. The number of aromatic nitrogens is 2. The number of halogens is 1. The Kier molecular flexibility index (Phi) is 5.17. The molecule has 148 valence electrons. The zero-order valence-electron chi connectivity index (χ0n) is 16.0. The summed E-state index contributed by atoms with van der Waals surface area (Å²) < 4.78 is 12.3. The minimum atomic E-state index is -0.203. The number of imidazole rings is 1. The van der Waals surface area contributed by atoms with Gasteiger partial charge < -0.3 is 14.8 Å². The molecule has 0 aliphatic rings. The van der Waals surface area contributed by atoms with Gasteiger partial charge in [-0.2, -0.15) is 0 Å². The first-order chi connectivity index (χ1) is 14.0. The second-order valence-corrected chi connectivity index (χ2v) is 7.71. The molecule has 1 N–H and O–H groups in total. The second kappa shape index (κ2) is 7.77. The van der Waals surface area contributed by atoms with Crippen molar-refractivity contribution in [3.8, 4) is 22.8 Å². The molecule has 0 radical (unpaired) electrons. The Hall–Kier alpha value is -3.03. The SMILES string of the molecule is COc1ccc(-c2cn3c(C)c(C(=O)Nc4ccc(OC)c(Cl)c4)sc3n2)cc1. The molecule has 1 amide bonds. The van der Waals surface area contributed by atoms with Crippen LogP contribution in [0, 0.1) is 6.92 Å². The van der Waals surface area contributed by atoms with Crippen LogP contribution in [0.3, 0.4) is 0 Å². The van der Waals surface area contributed by atoms with E-state index in [1.165, 1.54) is 11.3 Å². The number of amides is 1. The van der Waals surface area contributed by atoms with E-state index in [4.69, 9.17) is 21.1 Å². The van der Waals surface area contributed by atoms with Crippen LogP contribution in [-0.4, -0.2) is 29.5 Å². The molecule has 0 aliphatic heterocycles. The average Bonchev–Trinajstić information content (AvgIpc) is 3.28. The number of nitrogens with zero attached hydrogens (tertiary/aromatic N) is 2. The number of hydrogen-bond acceptors (Lipinski definition) is 5. The first-order valence-electron chi connectivity index (χ1n) is 8.78. The van der Waals surface area contributed by atoms with Crippen LogP contribution in [0.1, 0.15) is 15.4 Å². The summed E-state index contributed by atoms with van der Waals surface area (Å²) in [6.07, 6.45) is 1.93. The van der Waals surface area contributed by atoms with E-state index in [2.05, 4.69) is 10.3 Å². The van der Waals surface area contributed by atoms with Gasteiger partial charge in [0, 0.05) is 23.1 Å². The molecule has 2 aromatic heterocycles. The average molecular weight is 428 g/mol. The zero-order chi connectivity index (χ0) is 20.5. The number of fused-ring (bicyclic) bond motifs is 1. The van der Waals surface area contributed by atoms with Crippen LogP contribution in [0.25, 0.3) is 16.2 Å². The van der Waals surface area contributed by atoms with Crippen LogP contribution >= 0.6 is 22.9 Å². The van der Waals surface area contributed by atoms with Gasteiger partial charge in [0.05, 0.1) is 24.9 Å². The first kappa shape index (κ1) is 19.3. The van der Waals surface area contributed by atoms with Gasteiger partial charge in [-0.3, -0.25) is 9.20 Å². The van der Waals surface area contributed by atoms with E-state index < -0.39 is 0 Å². The quantitative estimate of drug-likeness (QED) is 0.469. The van der Waals surface area contributed by atoms with Gasteiger partial charge in [-0.05, 0) is 49.4 Å². The zero-order valence-corrected chi connectivity index (χ0v) is 17.6. The van der Waals surface area contributed by atoms with Gasteiger partial charge in [-0.15, -0.1) is 0 Å². The van der Waals surface area contributed by atoms with Gasteiger partial charge in [0.15, 0.2) is 4.96 Å². The summed E-state index contributed by atoms with van der Waals surface area (Å²) >= 11 is 7.48. The molecule has 0 aliphatic carbocycles. The van der Waals surface area contributed by atoms with E-state index in [0.717, 1.165) is 27.7 Å². The smallest absolute Gasteiger partial charge is 0.267 e. The van der Waals surface area contributed by atoms with E-state index >= 15 is 0 Å². The molecule has 4 aromatic rings. The highest BCUT2D eigenvalue weighted by molar-refractivity contribution is 7.19. The van der Waals surface area contributed by atoms with Crippen molar-refractivity contribution < 1.29 is 14.3 Å². The summed E-state index contributed by atoms with van der Waals surface area (Å²) in [5, 5.41) is 3.31. The molecule has 0 bridgehead atoms. The number of ether oxygens (including phenoxy) is 2. The van der Waals surface area contributed by atoms with Gasteiger partial charge in [-0.1, -0.05) is 22.9 Å². The molecule has 8 heteroatoms. The normalized spacial score (nSPS) is 10.9. The largest absolute Gasteiger partial charge is 0.497 e. The Bertz CT molecular complexity index is 1200. The molecule has 0 unspecified atom stereocenters. The van der Waals surface area contributed by atoms with Crippen LogP contribution in [-0.2, 0) is 0 Å². The molecule has 0 saturated heterocycles. The molecule has 2 heterocycles. The number of rotatable bonds is 5. The molecule has 4 rings (SSSR count). The maximum absolute atomic E-state index is 12.8. The fourth-order valence-electron chi connectivity index (χ4n) is 2.99. The lowest BCUT2D eigenvalue weighted by Crippen LogP contribution is -2.11. The standard InChI is InChI=1S/C21H18ClN3O3S/c1-12-19(20(26)23-14-6-9-18(28-3)16(22)10-14)29-21-24-17(11-25(12)21)13-4-7-15(27-2)8-5-13/h4-11H,1-3H3,(H,23,26). The number of anilines is 1. The van der Waals surface area contributed by atoms with Crippen LogP contribution in [0.4, 0.5) is 5.69 Å². The lowest BCUT2D eigenvalue weighted by molar-refractivity contribution is 0.102. The van der Waals surface area contributed by atoms with Crippen molar-refractivity contribution in [2.45, 2.75) is 6.92 Å². The molecule has 0 atom stereocenters. The Labute approximate surface area is 176 Å². The number of carbonyl (C=O) groups is 1. The van der Waals surface area contributed by atoms with E-state index in [1.54, 1.807) is 32.4 Å². The van der Waals surface area contributed by atoms with E-state index in [1.807, 2.05) is 41.8 Å². The Morgan fingerprint density at radius 1 is 1.14 bits per heavy atom. The summed E-state index contributed by atoms with van der Waals surface area (Å²) in [6, 6.07) is 12.8. The molecule has 6 nitrogen and oxygen atoms in total. The van der Waals surface area contributed by atoms with Crippen LogP contribution < -0.4 is 14.8 Å². The number of thiazole rings is 1. The van der Waals surface area contributed by atoms with Gasteiger partial charge in [-0.25, -0.2) is 4.98 Å². The topological polar surface area (TPSA) is 64.9 Å². The van der Waals surface area contributed by atoms with Gasteiger partial charge in [0.1, 0.15) is 16.4 Å². The number of benzene rings is 2. The van der Waals surface area contributed by atoms with Gasteiger partial charge in [0.2, 0.25) is 0 Å². The first-order valence-corrected chi connectivity index (χ1v) is 9.97. The van der Waals surface area contributed by atoms with Crippen molar-refractivity contribution in [1.82, 2.24) is 9.38 Å². The monoisotopic (exact) mass is 427 g/mol. The van der Waals surface area contributed by atoms with Gasteiger partial charge >= 0.3 is 0 Å². The third-order valence-corrected chi connectivity index (χ3v) is 6.01. The van der Waals surface area contributed by atoms with E-state index in [9.17, 15) is 4.79 Å². The number of aryl methyl sites for hydroxylation is 1. The fourth-order valence-corrected chi connectivity index (χ4v) is 4.26. The van der Waals surface area contributed by atoms with Crippen molar-refractivity contribution in [1.29, 1.82) is 0 Å². The highest BCUT2D eigenvalue weighted by atomic mass is 35.5. The van der Waals surface area contributed by atoms with Crippen molar-refractivity contribution >= 4 is 39.5 Å². The Morgan fingerprint density at radius 2 is 1.90 bits per heavy atom. The van der Waals surface area contributed by atoms with Crippen LogP contribution in [0.5, 0.6) is 11.5 Å². The van der Waals surface area contributed by atoms with E-state index in [-0.39, 0.29) is 5.91 Å². The summed E-state index contributed by atoms with van der Waals surface area (Å²) in [5.74, 6) is 1.15. The number of nitrogens with one attached hydrogen (secondary N) is 1.